The van der Waals surface area contributed by atoms with Crippen LogP contribution in [-0.4, -0.2) is 66.1 Å². The van der Waals surface area contributed by atoms with Gasteiger partial charge in [0, 0.05) is 38.6 Å². The minimum absolute atomic E-state index is 0.332. The van der Waals surface area contributed by atoms with Crippen LogP contribution in [0, 0.1) is 12.7 Å². The van der Waals surface area contributed by atoms with Crippen LogP contribution in [0.1, 0.15) is 24.9 Å². The summed E-state index contributed by atoms with van der Waals surface area (Å²) < 4.78 is 14.0. The molecule has 1 atom stereocenters. The monoisotopic (exact) mass is 295 g/mol. The van der Waals surface area contributed by atoms with Crippen molar-refractivity contribution in [2.45, 2.75) is 32.7 Å². The minimum Gasteiger partial charge on any atom is -0.368 e. The molecule has 1 saturated heterocycles. The number of likely N-dealkylation sites (N-methyl/N-ethyl adjacent to an activating group) is 2. The summed E-state index contributed by atoms with van der Waals surface area (Å²) in [4.78, 5) is 13.4. The van der Waals surface area contributed by atoms with E-state index in [0.717, 1.165) is 44.8 Å². The predicted molar refractivity (Wildman–Crippen MR) is 83.1 cm³/mol. The maximum atomic E-state index is 14.0. The Bertz CT molecular complexity index is 479. The summed E-state index contributed by atoms with van der Waals surface area (Å²) in [5, 5.41) is 3.05. The molecule has 5 nitrogen and oxygen atoms in total. The Hall–Kier alpha value is -1.27. The lowest BCUT2D eigenvalue weighted by Crippen LogP contribution is -2.51. The number of anilines is 1. The predicted octanol–water partition coefficient (Wildman–Crippen LogP) is 1.53. The quantitative estimate of drug-likeness (QED) is 0.892. The number of nitrogens with zero attached hydrogens (tertiary/aromatic N) is 4. The van der Waals surface area contributed by atoms with E-state index in [2.05, 4.69) is 39.2 Å². The molecule has 1 aromatic heterocycles. The third kappa shape index (κ3) is 4.11. The Balaban J connectivity index is 2.13. The van der Waals surface area contributed by atoms with Crippen molar-refractivity contribution < 1.29 is 4.39 Å². The summed E-state index contributed by atoms with van der Waals surface area (Å²) in [5.41, 5.74) is 0.422. The van der Waals surface area contributed by atoms with Gasteiger partial charge in [-0.15, -0.1) is 0 Å². The lowest BCUT2D eigenvalue weighted by molar-refractivity contribution is 0.113. The van der Waals surface area contributed by atoms with E-state index >= 15 is 0 Å². The fourth-order valence-corrected chi connectivity index (χ4v) is 2.60. The number of piperazine rings is 1. The molecule has 1 aromatic rings. The number of hydrogen-bond acceptors (Lipinski definition) is 5. The lowest BCUT2D eigenvalue weighted by atomic mass is 10.1. The molecule has 0 aromatic carbocycles. The molecule has 1 fully saturated rings. The van der Waals surface area contributed by atoms with Gasteiger partial charge in [-0.1, -0.05) is 6.92 Å². The highest BCUT2D eigenvalue weighted by molar-refractivity contribution is 5.38. The van der Waals surface area contributed by atoms with Gasteiger partial charge in [-0.3, -0.25) is 0 Å². The Morgan fingerprint density at radius 3 is 2.76 bits per heavy atom. The fraction of sp³-hybridized carbons (Fsp3) is 0.733. The molecule has 2 heterocycles. The second-order valence-corrected chi connectivity index (χ2v) is 5.92. The summed E-state index contributed by atoms with van der Waals surface area (Å²) in [7, 11) is 4.26. The largest absolute Gasteiger partial charge is 0.368 e. The summed E-state index contributed by atoms with van der Waals surface area (Å²) in [6.07, 6.45) is 1.69. The lowest BCUT2D eigenvalue weighted by Gasteiger charge is -2.37. The summed E-state index contributed by atoms with van der Waals surface area (Å²) in [6, 6.07) is 0.382. The molecule has 118 valence electrons. The third-order valence-electron chi connectivity index (χ3n) is 4.00. The van der Waals surface area contributed by atoms with Crippen LogP contribution in [0.4, 0.5) is 10.2 Å². The number of halogens is 1. The van der Waals surface area contributed by atoms with Crippen molar-refractivity contribution in [3.8, 4) is 0 Å². The maximum absolute atomic E-state index is 14.0. The molecule has 21 heavy (non-hydrogen) atoms. The number of aryl methyl sites for hydroxylation is 1. The van der Waals surface area contributed by atoms with Crippen molar-refractivity contribution in [3.05, 3.63) is 17.3 Å². The van der Waals surface area contributed by atoms with Crippen LogP contribution in [0.3, 0.4) is 0 Å². The Morgan fingerprint density at radius 2 is 2.05 bits per heavy atom. The zero-order valence-corrected chi connectivity index (χ0v) is 13.5. The molecule has 0 aliphatic carbocycles. The Labute approximate surface area is 126 Å². The molecular weight excluding hydrogens is 269 g/mol. The van der Waals surface area contributed by atoms with Crippen LogP contribution in [0.2, 0.25) is 0 Å². The van der Waals surface area contributed by atoms with Gasteiger partial charge in [0.25, 0.3) is 0 Å². The first-order valence-electron chi connectivity index (χ1n) is 7.67. The molecule has 0 bridgehead atoms. The van der Waals surface area contributed by atoms with E-state index in [-0.39, 0.29) is 5.82 Å². The van der Waals surface area contributed by atoms with Gasteiger partial charge >= 0.3 is 0 Å². The first-order chi connectivity index (χ1) is 10.0. The summed E-state index contributed by atoms with van der Waals surface area (Å²) in [6.45, 7) is 7.59. The molecule has 1 N–H and O–H groups in total. The van der Waals surface area contributed by atoms with Gasteiger partial charge in [-0.2, -0.15) is 0 Å². The molecule has 0 radical (unpaired) electrons. The van der Waals surface area contributed by atoms with Crippen LogP contribution in [0.5, 0.6) is 0 Å². The van der Waals surface area contributed by atoms with Crippen molar-refractivity contribution >= 4 is 5.82 Å². The first-order valence-corrected chi connectivity index (χ1v) is 7.67. The highest BCUT2D eigenvalue weighted by Crippen LogP contribution is 2.17. The first kappa shape index (κ1) is 16.1. The highest BCUT2D eigenvalue weighted by atomic mass is 19.1. The number of nitrogens with one attached hydrogen (secondary N) is 1. The van der Waals surface area contributed by atoms with E-state index in [1.54, 1.807) is 6.92 Å². The fourth-order valence-electron chi connectivity index (χ4n) is 2.60. The number of hydrogen-bond donors (Lipinski definition) is 1. The molecule has 1 unspecified atom stereocenters. The summed E-state index contributed by atoms with van der Waals surface area (Å²) in [5.74, 6) is 0.729. The molecular formula is C15H26FN5. The molecule has 1 aliphatic rings. The summed E-state index contributed by atoms with van der Waals surface area (Å²) >= 11 is 0. The van der Waals surface area contributed by atoms with Crippen LogP contribution in [0.15, 0.2) is 0 Å². The van der Waals surface area contributed by atoms with Gasteiger partial charge in [0.05, 0.1) is 5.69 Å². The average molecular weight is 295 g/mol. The molecule has 1 aliphatic heterocycles. The van der Waals surface area contributed by atoms with E-state index in [4.69, 9.17) is 0 Å². The van der Waals surface area contributed by atoms with Gasteiger partial charge in [-0.05, 0) is 27.4 Å². The molecule has 6 heteroatoms. The van der Waals surface area contributed by atoms with Crippen LogP contribution in [0.25, 0.3) is 0 Å². The number of rotatable bonds is 5. The van der Waals surface area contributed by atoms with E-state index in [1.165, 1.54) is 0 Å². The molecule has 0 spiro atoms. The molecule has 0 amide bonds. The maximum Gasteiger partial charge on any atom is 0.186 e. The van der Waals surface area contributed by atoms with E-state index in [1.807, 2.05) is 6.92 Å². The SMILES string of the molecule is CCCNc1nc(CC2CN(C)CCN2C)nc(C)c1F. The van der Waals surface area contributed by atoms with Gasteiger partial charge in [-0.25, -0.2) is 14.4 Å². The van der Waals surface area contributed by atoms with Gasteiger partial charge in [0.1, 0.15) is 5.82 Å². The second-order valence-electron chi connectivity index (χ2n) is 5.92. The van der Waals surface area contributed by atoms with Crippen molar-refractivity contribution in [1.29, 1.82) is 0 Å². The van der Waals surface area contributed by atoms with Gasteiger partial charge < -0.3 is 15.1 Å². The Kier molecular flexibility index (Phi) is 5.47. The highest BCUT2D eigenvalue weighted by Gasteiger charge is 2.24. The van der Waals surface area contributed by atoms with Crippen molar-refractivity contribution in [1.82, 2.24) is 19.8 Å². The van der Waals surface area contributed by atoms with Crippen molar-refractivity contribution in [3.63, 3.8) is 0 Å². The van der Waals surface area contributed by atoms with Crippen molar-refractivity contribution in [2.75, 3.05) is 45.6 Å². The zero-order valence-electron chi connectivity index (χ0n) is 13.5. The standard InChI is InChI=1S/C15H26FN5/c1-5-6-17-15-14(16)11(2)18-13(19-15)9-12-10-20(3)7-8-21(12)4/h12H,5-10H2,1-4H3,(H,17,18,19). The van der Waals surface area contributed by atoms with E-state index < -0.39 is 0 Å². The Morgan fingerprint density at radius 1 is 1.29 bits per heavy atom. The topological polar surface area (TPSA) is 44.3 Å². The van der Waals surface area contributed by atoms with Crippen LogP contribution < -0.4 is 5.32 Å². The van der Waals surface area contributed by atoms with E-state index in [9.17, 15) is 4.39 Å². The van der Waals surface area contributed by atoms with Crippen LogP contribution >= 0.6 is 0 Å². The molecule has 2 rings (SSSR count). The van der Waals surface area contributed by atoms with Crippen LogP contribution in [-0.2, 0) is 6.42 Å². The van der Waals surface area contributed by atoms with Gasteiger partial charge in [0.15, 0.2) is 11.6 Å². The second kappa shape index (κ2) is 7.13. The third-order valence-corrected chi connectivity index (χ3v) is 4.00. The minimum atomic E-state index is -0.332. The smallest absolute Gasteiger partial charge is 0.186 e. The van der Waals surface area contributed by atoms with E-state index in [0.29, 0.717) is 17.6 Å². The zero-order chi connectivity index (χ0) is 15.4. The molecule has 0 saturated carbocycles. The average Bonchev–Trinajstić information content (AvgIpc) is 2.45. The van der Waals surface area contributed by atoms with Crippen molar-refractivity contribution in [2.24, 2.45) is 0 Å². The van der Waals surface area contributed by atoms with Gasteiger partial charge in [0.2, 0.25) is 0 Å². The normalized spacial score (nSPS) is 20.7. The number of aromatic nitrogens is 2.